The van der Waals surface area contributed by atoms with Gasteiger partial charge >= 0.3 is 0 Å². The van der Waals surface area contributed by atoms with Gasteiger partial charge < -0.3 is 10.5 Å². The fraction of sp³-hybridized carbons (Fsp3) is 0.583. The number of ketones is 1. The summed E-state index contributed by atoms with van der Waals surface area (Å²) in [5, 5.41) is 0. The van der Waals surface area contributed by atoms with Crippen molar-refractivity contribution >= 4 is 34.6 Å². The normalized spacial score (nSPS) is 10.9. The molecule has 0 amide bonds. The lowest BCUT2D eigenvalue weighted by molar-refractivity contribution is 0.0992. The highest BCUT2D eigenvalue weighted by Crippen LogP contribution is 2.45. The topological polar surface area (TPSA) is 52.3 Å². The number of carbonyl (C=O) groups is 1. The van der Waals surface area contributed by atoms with Crippen molar-refractivity contribution in [2.45, 2.75) is 44.4 Å². The van der Waals surface area contributed by atoms with Crippen molar-refractivity contribution < 1.29 is 9.53 Å². The highest BCUT2D eigenvalue weighted by atomic mass is 32.2. The van der Waals surface area contributed by atoms with Crippen molar-refractivity contribution in [3.05, 3.63) is 4.88 Å². The first-order chi connectivity index (χ1) is 8.01. The van der Waals surface area contributed by atoms with Gasteiger partial charge in [0.1, 0.15) is 4.21 Å². The molecule has 0 aliphatic heterocycles. The minimum absolute atomic E-state index is 0.0627. The third-order valence-corrected chi connectivity index (χ3v) is 4.44. The second-order valence-electron chi connectivity index (χ2n) is 3.84. The molecule has 0 spiro atoms. The van der Waals surface area contributed by atoms with Crippen LogP contribution in [0.1, 0.15) is 43.8 Å². The van der Waals surface area contributed by atoms with Gasteiger partial charge in [0.25, 0.3) is 0 Å². The summed E-state index contributed by atoms with van der Waals surface area (Å²) in [5.74, 6) is 1.71. The van der Waals surface area contributed by atoms with Crippen molar-refractivity contribution in [3.63, 3.8) is 0 Å². The number of rotatable bonds is 6. The molecule has 0 atom stereocenters. The third-order valence-electron chi connectivity index (χ3n) is 2.07. The van der Waals surface area contributed by atoms with E-state index in [1.165, 1.54) is 11.3 Å². The minimum atomic E-state index is 0.0627. The Balaban J connectivity index is 3.15. The van der Waals surface area contributed by atoms with Gasteiger partial charge in [-0.15, -0.1) is 23.1 Å². The van der Waals surface area contributed by atoms with Crippen LogP contribution in [0.25, 0.3) is 0 Å². The average Bonchev–Trinajstić information content (AvgIpc) is 2.57. The molecule has 0 radical (unpaired) electrons. The number of carbonyl (C=O) groups excluding carboxylic acids is 1. The fourth-order valence-corrected chi connectivity index (χ4v) is 3.64. The largest absolute Gasteiger partial charge is 0.487 e. The van der Waals surface area contributed by atoms with Crippen LogP contribution in [0.5, 0.6) is 5.75 Å². The monoisotopic (exact) mass is 273 g/mol. The summed E-state index contributed by atoms with van der Waals surface area (Å²) in [6, 6.07) is 0. The van der Waals surface area contributed by atoms with Crippen LogP contribution in [0.4, 0.5) is 5.69 Å². The predicted octanol–water partition coefficient (Wildman–Crippen LogP) is 3.82. The van der Waals surface area contributed by atoms with E-state index in [0.29, 0.717) is 22.7 Å². The Morgan fingerprint density at radius 3 is 2.59 bits per heavy atom. The highest BCUT2D eigenvalue weighted by molar-refractivity contribution is 8.01. The lowest BCUT2D eigenvalue weighted by Gasteiger charge is -2.10. The molecule has 1 aromatic rings. The first kappa shape index (κ1) is 14.4. The van der Waals surface area contributed by atoms with E-state index < -0.39 is 0 Å². The molecule has 5 heteroatoms. The van der Waals surface area contributed by atoms with E-state index in [-0.39, 0.29) is 11.9 Å². The summed E-state index contributed by atoms with van der Waals surface area (Å²) in [6.45, 7) is 7.83. The average molecular weight is 273 g/mol. The molecule has 0 fully saturated rings. The predicted molar refractivity (Wildman–Crippen MR) is 75.5 cm³/mol. The molecule has 0 aliphatic carbocycles. The van der Waals surface area contributed by atoms with Gasteiger partial charge in [-0.05, 0) is 19.6 Å². The molecule has 17 heavy (non-hydrogen) atoms. The molecule has 0 saturated heterocycles. The van der Waals surface area contributed by atoms with Crippen LogP contribution >= 0.6 is 23.1 Å². The summed E-state index contributed by atoms with van der Waals surface area (Å²) in [7, 11) is 0. The van der Waals surface area contributed by atoms with Crippen LogP contribution in [-0.2, 0) is 0 Å². The minimum Gasteiger partial charge on any atom is -0.487 e. The lowest BCUT2D eigenvalue weighted by atomic mass is 10.2. The summed E-state index contributed by atoms with van der Waals surface area (Å²) < 4.78 is 6.73. The molecule has 1 rings (SSSR count). The molecular formula is C12H19NO2S2. The van der Waals surface area contributed by atoms with Gasteiger partial charge in [-0.1, -0.05) is 13.8 Å². The first-order valence-corrected chi connectivity index (χ1v) is 7.56. The van der Waals surface area contributed by atoms with E-state index in [0.717, 1.165) is 9.96 Å². The standard InChI is InChI=1S/C12H19NO2S2/c1-5-8(14)11-9(13)10(15-7(3)4)12(17-11)16-6-2/h7H,5-6,13H2,1-4H3. The Morgan fingerprint density at radius 2 is 2.12 bits per heavy atom. The number of anilines is 1. The van der Waals surface area contributed by atoms with Crippen LogP contribution in [0.3, 0.4) is 0 Å². The van der Waals surface area contributed by atoms with Gasteiger partial charge in [-0.25, -0.2) is 0 Å². The fourth-order valence-electron chi connectivity index (χ4n) is 1.35. The van der Waals surface area contributed by atoms with Gasteiger partial charge in [0.05, 0.1) is 16.7 Å². The summed E-state index contributed by atoms with van der Waals surface area (Å²) in [5.41, 5.74) is 6.52. The molecule has 3 nitrogen and oxygen atoms in total. The number of Topliss-reactive ketones (excluding diaryl/α,β-unsaturated/α-hetero) is 1. The summed E-state index contributed by atoms with van der Waals surface area (Å²) in [4.78, 5) is 12.4. The van der Waals surface area contributed by atoms with Crippen LogP contribution in [-0.4, -0.2) is 17.6 Å². The first-order valence-electron chi connectivity index (χ1n) is 5.76. The van der Waals surface area contributed by atoms with E-state index >= 15 is 0 Å². The SMILES string of the molecule is CCSc1sc(C(=O)CC)c(N)c1OC(C)C. The maximum atomic E-state index is 11.8. The summed E-state index contributed by atoms with van der Waals surface area (Å²) >= 11 is 3.12. The second kappa shape index (κ2) is 6.31. The van der Waals surface area contributed by atoms with Crippen molar-refractivity contribution in [1.82, 2.24) is 0 Å². The van der Waals surface area contributed by atoms with Crippen LogP contribution in [0.15, 0.2) is 4.21 Å². The molecule has 96 valence electrons. The highest BCUT2D eigenvalue weighted by Gasteiger charge is 2.21. The molecule has 0 bridgehead atoms. The smallest absolute Gasteiger partial charge is 0.174 e. The Kier molecular flexibility index (Phi) is 5.33. The molecule has 0 unspecified atom stereocenters. The quantitative estimate of drug-likeness (QED) is 0.632. The lowest BCUT2D eigenvalue weighted by Crippen LogP contribution is -2.08. The van der Waals surface area contributed by atoms with Crippen LogP contribution in [0, 0.1) is 0 Å². The van der Waals surface area contributed by atoms with Crippen molar-refractivity contribution in [2.75, 3.05) is 11.5 Å². The number of hydrogen-bond donors (Lipinski definition) is 1. The van der Waals surface area contributed by atoms with E-state index in [1.807, 2.05) is 20.8 Å². The zero-order valence-electron chi connectivity index (χ0n) is 10.7. The van der Waals surface area contributed by atoms with Gasteiger partial charge in [-0.2, -0.15) is 0 Å². The number of thioether (sulfide) groups is 1. The number of nitrogens with two attached hydrogens (primary N) is 1. The van der Waals surface area contributed by atoms with Crippen LogP contribution in [0.2, 0.25) is 0 Å². The third kappa shape index (κ3) is 3.39. The Hall–Kier alpha value is -0.680. The maximum absolute atomic E-state index is 11.8. The molecule has 1 aromatic heterocycles. The number of hydrogen-bond acceptors (Lipinski definition) is 5. The number of thiophene rings is 1. The Morgan fingerprint density at radius 1 is 1.47 bits per heavy atom. The van der Waals surface area contributed by atoms with Gasteiger partial charge in [0.2, 0.25) is 0 Å². The van der Waals surface area contributed by atoms with Gasteiger partial charge in [0, 0.05) is 6.42 Å². The van der Waals surface area contributed by atoms with Crippen molar-refractivity contribution in [2.24, 2.45) is 0 Å². The maximum Gasteiger partial charge on any atom is 0.174 e. The Labute approximate surface area is 111 Å². The van der Waals surface area contributed by atoms with Crippen molar-refractivity contribution in [3.8, 4) is 5.75 Å². The summed E-state index contributed by atoms with van der Waals surface area (Å²) in [6.07, 6.45) is 0.537. The van der Waals surface area contributed by atoms with Crippen LogP contribution < -0.4 is 10.5 Å². The number of nitrogen functional groups attached to an aromatic ring is 1. The van der Waals surface area contributed by atoms with E-state index in [9.17, 15) is 4.79 Å². The zero-order chi connectivity index (χ0) is 13.0. The van der Waals surface area contributed by atoms with Gasteiger partial charge in [-0.3, -0.25) is 4.79 Å². The molecule has 2 N–H and O–H groups in total. The molecular weight excluding hydrogens is 254 g/mol. The van der Waals surface area contributed by atoms with Crippen molar-refractivity contribution in [1.29, 1.82) is 0 Å². The van der Waals surface area contributed by atoms with E-state index in [2.05, 4.69) is 6.92 Å². The zero-order valence-corrected chi connectivity index (χ0v) is 12.3. The van der Waals surface area contributed by atoms with Gasteiger partial charge in [0.15, 0.2) is 11.5 Å². The molecule has 0 saturated carbocycles. The van der Waals surface area contributed by atoms with E-state index in [1.54, 1.807) is 11.8 Å². The Bertz CT molecular complexity index is 399. The van der Waals surface area contributed by atoms with E-state index in [4.69, 9.17) is 10.5 Å². The second-order valence-corrected chi connectivity index (χ2v) is 6.39. The molecule has 0 aliphatic rings. The number of ether oxygens (including phenoxy) is 1. The molecule has 1 heterocycles. The molecule has 0 aromatic carbocycles.